The van der Waals surface area contributed by atoms with Crippen molar-refractivity contribution in [2.24, 2.45) is 5.92 Å². The number of hydrogen-bond donors (Lipinski definition) is 0. The lowest BCUT2D eigenvalue weighted by Gasteiger charge is -2.07. The highest BCUT2D eigenvalue weighted by Gasteiger charge is 1.99. The number of carbonyl (C=O) groups is 1. The van der Waals surface area contributed by atoms with E-state index in [9.17, 15) is 4.79 Å². The molecule has 3 heteroatoms. The minimum Gasteiger partial charge on any atom is -0.356 e. The Labute approximate surface area is 67.7 Å². The Morgan fingerprint density at radius 3 is 2.73 bits per heavy atom. The van der Waals surface area contributed by atoms with Crippen molar-refractivity contribution >= 4 is 6.29 Å². The molecule has 0 amide bonds. The van der Waals surface area contributed by atoms with Gasteiger partial charge in [0, 0.05) is 13.0 Å². The molecule has 0 N–H and O–H groups in total. The summed E-state index contributed by atoms with van der Waals surface area (Å²) in [5.74, 6) is 0.299. The van der Waals surface area contributed by atoms with Gasteiger partial charge in [-0.3, -0.25) is 0 Å². The van der Waals surface area contributed by atoms with Crippen LogP contribution in [-0.2, 0) is 14.3 Å². The van der Waals surface area contributed by atoms with Crippen LogP contribution in [0.4, 0.5) is 0 Å². The van der Waals surface area contributed by atoms with E-state index in [-0.39, 0.29) is 0 Å². The molecular weight excluding hydrogens is 144 g/mol. The molecule has 0 saturated heterocycles. The maximum absolute atomic E-state index is 10.0. The maximum atomic E-state index is 10.0. The first kappa shape index (κ1) is 10.6. The molecular formula is C8H16O3. The average Bonchev–Trinajstić information content (AvgIpc) is 1.99. The smallest absolute Gasteiger partial charge is 0.146 e. The highest BCUT2D eigenvalue weighted by Crippen LogP contribution is 1.98. The van der Waals surface area contributed by atoms with Crippen LogP contribution in [0.5, 0.6) is 0 Å². The van der Waals surface area contributed by atoms with E-state index in [2.05, 4.69) is 0 Å². The maximum Gasteiger partial charge on any atom is 0.146 e. The van der Waals surface area contributed by atoms with Gasteiger partial charge in [0.05, 0.1) is 6.61 Å². The number of hydrogen-bond acceptors (Lipinski definition) is 3. The topological polar surface area (TPSA) is 35.5 Å². The van der Waals surface area contributed by atoms with Gasteiger partial charge in [-0.15, -0.1) is 0 Å². The third-order valence-electron chi connectivity index (χ3n) is 1.27. The van der Waals surface area contributed by atoms with E-state index in [1.165, 1.54) is 0 Å². The van der Waals surface area contributed by atoms with Crippen LogP contribution in [0.2, 0.25) is 0 Å². The first-order chi connectivity index (χ1) is 5.31. The van der Waals surface area contributed by atoms with Crippen LogP contribution < -0.4 is 0 Å². The average molecular weight is 160 g/mol. The molecule has 0 bridgehead atoms. The Balaban J connectivity index is 3.03. The molecule has 1 atom stereocenters. The molecule has 66 valence electrons. The van der Waals surface area contributed by atoms with E-state index in [0.29, 0.717) is 32.3 Å². The monoisotopic (exact) mass is 160 g/mol. The molecule has 0 fully saturated rings. The second-order valence-electron chi connectivity index (χ2n) is 2.49. The van der Waals surface area contributed by atoms with Crippen LogP contribution in [0.25, 0.3) is 0 Å². The van der Waals surface area contributed by atoms with Gasteiger partial charge in [-0.25, -0.2) is 0 Å². The predicted molar refractivity (Wildman–Crippen MR) is 42.3 cm³/mol. The number of rotatable bonds is 7. The summed E-state index contributed by atoms with van der Waals surface area (Å²) >= 11 is 0. The van der Waals surface area contributed by atoms with Gasteiger partial charge >= 0.3 is 0 Å². The van der Waals surface area contributed by atoms with Gasteiger partial charge in [0.2, 0.25) is 0 Å². The van der Waals surface area contributed by atoms with Crippen molar-refractivity contribution in [1.29, 1.82) is 0 Å². The second kappa shape index (κ2) is 7.69. The molecule has 0 aromatic rings. The normalized spacial score (nSPS) is 12.9. The molecule has 0 aliphatic heterocycles. The molecule has 0 rings (SSSR count). The summed E-state index contributed by atoms with van der Waals surface area (Å²) in [6.45, 7) is 5.49. The lowest BCUT2D eigenvalue weighted by atomic mass is 10.1. The van der Waals surface area contributed by atoms with Gasteiger partial charge in [0.15, 0.2) is 0 Å². The van der Waals surface area contributed by atoms with Crippen molar-refractivity contribution in [3.05, 3.63) is 0 Å². The summed E-state index contributed by atoms with van der Waals surface area (Å²) < 4.78 is 10.1. The van der Waals surface area contributed by atoms with Crippen molar-refractivity contribution in [3.8, 4) is 0 Å². The molecule has 0 radical (unpaired) electrons. The van der Waals surface area contributed by atoms with E-state index >= 15 is 0 Å². The molecule has 3 nitrogen and oxygen atoms in total. The van der Waals surface area contributed by atoms with Crippen LogP contribution in [0.1, 0.15) is 20.3 Å². The SMILES string of the molecule is CCOCOC[C@@H](C)CC=O. The molecule has 0 heterocycles. The summed E-state index contributed by atoms with van der Waals surface area (Å²) in [6, 6.07) is 0. The van der Waals surface area contributed by atoms with Gasteiger partial charge in [-0.05, 0) is 12.8 Å². The first-order valence-electron chi connectivity index (χ1n) is 3.90. The van der Waals surface area contributed by atoms with E-state index < -0.39 is 0 Å². The van der Waals surface area contributed by atoms with E-state index in [1.807, 2.05) is 13.8 Å². The van der Waals surface area contributed by atoms with Crippen LogP contribution >= 0.6 is 0 Å². The quantitative estimate of drug-likeness (QED) is 0.319. The van der Waals surface area contributed by atoms with Gasteiger partial charge in [-0.1, -0.05) is 6.92 Å². The summed E-state index contributed by atoms with van der Waals surface area (Å²) in [6.07, 6.45) is 1.47. The van der Waals surface area contributed by atoms with Gasteiger partial charge in [-0.2, -0.15) is 0 Å². The summed E-state index contributed by atoms with van der Waals surface area (Å²) in [7, 11) is 0. The highest BCUT2D eigenvalue weighted by molar-refractivity contribution is 5.49. The Hall–Kier alpha value is -0.410. The lowest BCUT2D eigenvalue weighted by molar-refractivity contribution is -0.109. The summed E-state index contributed by atoms with van der Waals surface area (Å²) in [5, 5.41) is 0. The third-order valence-corrected chi connectivity index (χ3v) is 1.27. The second-order valence-corrected chi connectivity index (χ2v) is 2.49. The number of carbonyl (C=O) groups excluding carboxylic acids is 1. The Morgan fingerprint density at radius 2 is 2.18 bits per heavy atom. The molecule has 0 saturated carbocycles. The van der Waals surface area contributed by atoms with Gasteiger partial charge < -0.3 is 14.3 Å². The van der Waals surface area contributed by atoms with E-state index in [0.717, 1.165) is 6.29 Å². The van der Waals surface area contributed by atoms with Crippen molar-refractivity contribution < 1.29 is 14.3 Å². The molecule has 0 spiro atoms. The van der Waals surface area contributed by atoms with Crippen LogP contribution in [0.15, 0.2) is 0 Å². The third kappa shape index (κ3) is 7.49. The van der Waals surface area contributed by atoms with Crippen LogP contribution in [-0.4, -0.2) is 26.3 Å². The summed E-state index contributed by atoms with van der Waals surface area (Å²) in [5.41, 5.74) is 0. The lowest BCUT2D eigenvalue weighted by Crippen LogP contribution is -2.08. The minimum absolute atomic E-state index is 0.299. The Kier molecular flexibility index (Phi) is 7.41. The fourth-order valence-electron chi connectivity index (χ4n) is 0.624. The standard InChI is InChI=1S/C8H16O3/c1-3-10-7-11-6-8(2)4-5-9/h5,8H,3-4,6-7H2,1-2H3/t8-/m0/s1. The van der Waals surface area contributed by atoms with Crippen molar-refractivity contribution in [2.75, 3.05) is 20.0 Å². The largest absolute Gasteiger partial charge is 0.356 e. The van der Waals surface area contributed by atoms with Gasteiger partial charge in [0.25, 0.3) is 0 Å². The van der Waals surface area contributed by atoms with Crippen molar-refractivity contribution in [2.45, 2.75) is 20.3 Å². The molecule has 0 aromatic carbocycles. The minimum atomic E-state index is 0.299. The van der Waals surface area contributed by atoms with Crippen molar-refractivity contribution in [3.63, 3.8) is 0 Å². The fraction of sp³-hybridized carbons (Fsp3) is 0.875. The van der Waals surface area contributed by atoms with Gasteiger partial charge in [0.1, 0.15) is 13.1 Å². The molecule has 0 aromatic heterocycles. The Morgan fingerprint density at radius 1 is 1.45 bits per heavy atom. The number of ether oxygens (including phenoxy) is 2. The number of aldehydes is 1. The predicted octanol–water partition coefficient (Wildman–Crippen LogP) is 1.22. The fourth-order valence-corrected chi connectivity index (χ4v) is 0.624. The zero-order chi connectivity index (χ0) is 8.53. The molecule has 0 aliphatic rings. The molecule has 0 unspecified atom stereocenters. The zero-order valence-electron chi connectivity index (χ0n) is 7.21. The zero-order valence-corrected chi connectivity index (χ0v) is 7.21. The van der Waals surface area contributed by atoms with Crippen LogP contribution in [0.3, 0.4) is 0 Å². The van der Waals surface area contributed by atoms with Crippen molar-refractivity contribution in [1.82, 2.24) is 0 Å². The van der Waals surface area contributed by atoms with Crippen LogP contribution in [0, 0.1) is 5.92 Å². The molecule has 0 aliphatic carbocycles. The summed E-state index contributed by atoms with van der Waals surface area (Å²) in [4.78, 5) is 10.0. The Bertz CT molecular complexity index is 93.3. The first-order valence-corrected chi connectivity index (χ1v) is 3.90. The molecule has 11 heavy (non-hydrogen) atoms. The van der Waals surface area contributed by atoms with E-state index in [4.69, 9.17) is 9.47 Å². The highest BCUT2D eigenvalue weighted by atomic mass is 16.7. The van der Waals surface area contributed by atoms with E-state index in [1.54, 1.807) is 0 Å².